The van der Waals surface area contributed by atoms with Crippen molar-refractivity contribution < 1.29 is 45.9 Å². The van der Waals surface area contributed by atoms with Gasteiger partial charge in [0.2, 0.25) is 23.5 Å². The number of benzene rings is 2. The molecule has 0 aliphatic carbocycles. The average Bonchev–Trinajstić information content (AvgIpc) is 3.72. The van der Waals surface area contributed by atoms with E-state index in [1.54, 1.807) is 42.4 Å². The zero-order valence-corrected chi connectivity index (χ0v) is 36.4. The van der Waals surface area contributed by atoms with Gasteiger partial charge in [-0.15, -0.1) is 0 Å². The molecule has 0 saturated carbocycles. The third-order valence-electron chi connectivity index (χ3n) is 12.3. The first-order chi connectivity index (χ1) is 31.0. The predicted molar refractivity (Wildman–Crippen MR) is 236 cm³/mol. The summed E-state index contributed by atoms with van der Waals surface area (Å²) < 4.78 is 74.0. The van der Waals surface area contributed by atoms with Crippen molar-refractivity contribution in [2.45, 2.75) is 50.7 Å². The van der Waals surface area contributed by atoms with Gasteiger partial charge in [-0.05, 0) is 67.8 Å². The number of pyridine rings is 2. The summed E-state index contributed by atoms with van der Waals surface area (Å²) in [5.74, 6) is -4.33. The number of aliphatic hydroxyl groups is 1. The van der Waals surface area contributed by atoms with Crippen LogP contribution in [0.4, 0.5) is 36.1 Å². The fourth-order valence-electron chi connectivity index (χ4n) is 8.26. The van der Waals surface area contributed by atoms with Crippen molar-refractivity contribution in [3.8, 4) is 11.1 Å². The molecule has 3 amide bonds. The largest absolute Gasteiger partial charge is 0.389 e. The number of aromatic amines is 1. The van der Waals surface area contributed by atoms with Crippen LogP contribution >= 0.6 is 0 Å². The van der Waals surface area contributed by atoms with Gasteiger partial charge in [0, 0.05) is 106 Å². The van der Waals surface area contributed by atoms with Crippen LogP contribution in [-0.2, 0) is 24.6 Å². The molecule has 65 heavy (non-hydrogen) atoms. The van der Waals surface area contributed by atoms with Crippen LogP contribution in [0, 0.1) is 17.5 Å². The lowest BCUT2D eigenvalue weighted by Gasteiger charge is -2.41. The number of anilines is 4. The Labute approximate surface area is 372 Å². The maximum absolute atomic E-state index is 15.6. The molecule has 3 fully saturated rings. The second kappa shape index (κ2) is 18.1. The minimum Gasteiger partial charge on any atom is -0.389 e. The highest BCUT2D eigenvalue weighted by molar-refractivity contribution is 7.90. The van der Waals surface area contributed by atoms with Gasteiger partial charge in [0.15, 0.2) is 5.82 Å². The van der Waals surface area contributed by atoms with Crippen molar-refractivity contribution >= 4 is 67.6 Å². The van der Waals surface area contributed by atoms with Gasteiger partial charge in [0.05, 0.1) is 29.0 Å². The van der Waals surface area contributed by atoms with E-state index in [0.717, 1.165) is 16.4 Å². The zero-order chi connectivity index (χ0) is 46.2. The van der Waals surface area contributed by atoms with E-state index >= 15 is 13.2 Å². The van der Waals surface area contributed by atoms with E-state index in [-0.39, 0.29) is 60.6 Å². The molecule has 5 aromatic rings. The molecule has 8 rings (SSSR count). The van der Waals surface area contributed by atoms with Gasteiger partial charge in [-0.25, -0.2) is 23.1 Å². The van der Waals surface area contributed by atoms with Crippen molar-refractivity contribution in [1.82, 2.24) is 29.5 Å². The Kier molecular flexibility index (Phi) is 12.5. The number of nitrogens with zero attached hydrogens (tertiary/aromatic N) is 6. The number of piperidine rings is 2. The molecular formula is C44H47F3N10O7S. The third kappa shape index (κ3) is 9.48. The molecule has 3 aliphatic heterocycles. The van der Waals surface area contributed by atoms with Crippen molar-refractivity contribution in [3.63, 3.8) is 0 Å². The highest BCUT2D eigenvalue weighted by Crippen LogP contribution is 2.34. The minimum atomic E-state index is -4.17. The SMILES string of the molecule is CCN(C)S(=O)(=O)Nc1ccc(F)c(C(=O)c2c[nH]c3ncc(-c4ccc(N5CCN(C(=O)CC6(O)CCN(c7ccc(NC8CCC(=O)NC8=O)cc7F)CC6)CC5)nc4)cc23)c1F. The van der Waals surface area contributed by atoms with Gasteiger partial charge in [0.25, 0.3) is 0 Å². The minimum absolute atomic E-state index is 0.0629. The number of fused-ring (bicyclic) bond motifs is 1. The summed E-state index contributed by atoms with van der Waals surface area (Å²) >= 11 is 0. The number of hydrogen-bond donors (Lipinski definition) is 5. The topological polar surface area (TPSA) is 213 Å². The normalized spacial score (nSPS) is 18.0. The van der Waals surface area contributed by atoms with E-state index in [9.17, 15) is 32.7 Å². The number of imide groups is 1. The Bertz CT molecular complexity index is 2780. The number of carbonyl (C=O) groups is 4. The van der Waals surface area contributed by atoms with E-state index in [0.29, 0.717) is 74.0 Å². The van der Waals surface area contributed by atoms with Crippen molar-refractivity contribution in [1.29, 1.82) is 0 Å². The summed E-state index contributed by atoms with van der Waals surface area (Å²) in [6.45, 7) is 4.14. The van der Waals surface area contributed by atoms with Crippen molar-refractivity contribution in [2.24, 2.45) is 0 Å². The van der Waals surface area contributed by atoms with Gasteiger partial charge in [-0.2, -0.15) is 12.7 Å². The molecule has 1 atom stereocenters. The molecule has 3 aliphatic rings. The Morgan fingerprint density at radius 1 is 0.923 bits per heavy atom. The number of aromatic nitrogens is 3. The molecule has 2 aromatic carbocycles. The van der Waals surface area contributed by atoms with Crippen LogP contribution in [0.25, 0.3) is 22.2 Å². The molecule has 6 heterocycles. The molecule has 5 N–H and O–H groups in total. The lowest BCUT2D eigenvalue weighted by molar-refractivity contribution is -0.138. The van der Waals surface area contributed by atoms with Gasteiger partial charge >= 0.3 is 10.2 Å². The van der Waals surface area contributed by atoms with Crippen LogP contribution in [0.2, 0.25) is 0 Å². The molecule has 0 bridgehead atoms. The Hall–Kier alpha value is -6.58. The van der Waals surface area contributed by atoms with Crippen LogP contribution in [0.1, 0.15) is 54.9 Å². The number of carbonyl (C=O) groups excluding carboxylic acids is 4. The lowest BCUT2D eigenvalue weighted by atomic mass is 9.87. The second-order valence-corrected chi connectivity index (χ2v) is 18.2. The smallest absolute Gasteiger partial charge is 0.301 e. The van der Waals surface area contributed by atoms with E-state index in [1.165, 1.54) is 19.3 Å². The van der Waals surface area contributed by atoms with Crippen LogP contribution in [-0.4, -0.2) is 126 Å². The number of H-pyrrole nitrogens is 1. The third-order valence-corrected chi connectivity index (χ3v) is 13.8. The quantitative estimate of drug-likeness (QED) is 0.0833. The summed E-state index contributed by atoms with van der Waals surface area (Å²) in [5, 5.41) is 17.0. The molecule has 3 saturated heterocycles. The van der Waals surface area contributed by atoms with E-state index in [2.05, 4.69) is 30.3 Å². The van der Waals surface area contributed by atoms with Crippen LogP contribution in [0.5, 0.6) is 0 Å². The highest BCUT2D eigenvalue weighted by Gasteiger charge is 2.37. The molecule has 0 radical (unpaired) electrons. The zero-order valence-electron chi connectivity index (χ0n) is 35.5. The van der Waals surface area contributed by atoms with E-state index < -0.39 is 62.2 Å². The number of nitrogens with one attached hydrogen (secondary N) is 4. The van der Waals surface area contributed by atoms with Gasteiger partial charge in [-0.1, -0.05) is 6.92 Å². The lowest BCUT2D eigenvalue weighted by Crippen LogP contribution is -2.52. The number of piperazine rings is 1. The summed E-state index contributed by atoms with van der Waals surface area (Å²) in [6.07, 6.45) is 5.47. The van der Waals surface area contributed by atoms with E-state index in [1.807, 2.05) is 21.9 Å². The van der Waals surface area contributed by atoms with Crippen LogP contribution in [0.15, 0.2) is 67.1 Å². The van der Waals surface area contributed by atoms with Gasteiger partial charge in [-0.3, -0.25) is 29.2 Å². The Morgan fingerprint density at radius 3 is 2.34 bits per heavy atom. The number of ketones is 1. The molecular weight excluding hydrogens is 870 g/mol. The number of amides is 3. The summed E-state index contributed by atoms with van der Waals surface area (Å²) in [5.41, 5.74) is -0.568. The molecule has 17 nitrogen and oxygen atoms in total. The van der Waals surface area contributed by atoms with Crippen LogP contribution < -0.4 is 25.2 Å². The average molecular weight is 917 g/mol. The van der Waals surface area contributed by atoms with Crippen molar-refractivity contribution in [3.05, 3.63) is 95.7 Å². The standard InChI is InChI=1S/C44H47F3N10O7S/c1-3-54(2)65(63,64)53-33-7-6-31(45)39(40(33)47)41(60)30-25-50-42-29(30)20-27(24-49-42)26-4-10-36(48-23-26)56-16-18-57(19-17-56)38(59)22-44(62)12-14-55(15-13-44)35-9-5-28(21-32(35)46)51-34-8-11-37(58)52-43(34)61/h4-7,9-10,20-21,23-25,34,51,53,62H,3,8,11-19,22H2,1-2H3,(H,49,50)(H,52,58,61). The summed E-state index contributed by atoms with van der Waals surface area (Å²) in [4.78, 5) is 68.1. The Morgan fingerprint density at radius 2 is 1.66 bits per heavy atom. The molecule has 1 unspecified atom stereocenters. The monoisotopic (exact) mass is 916 g/mol. The number of halogens is 3. The number of rotatable bonds is 13. The summed E-state index contributed by atoms with van der Waals surface area (Å²) in [6, 6.07) is 11.0. The fourth-order valence-corrected chi connectivity index (χ4v) is 9.19. The first kappa shape index (κ1) is 45.0. The van der Waals surface area contributed by atoms with Gasteiger partial charge < -0.3 is 30.1 Å². The maximum atomic E-state index is 15.6. The molecule has 0 spiro atoms. The molecule has 21 heteroatoms. The maximum Gasteiger partial charge on any atom is 0.301 e. The Balaban J connectivity index is 0.851. The summed E-state index contributed by atoms with van der Waals surface area (Å²) in [7, 11) is -2.88. The molecule has 342 valence electrons. The number of hydrogen-bond acceptors (Lipinski definition) is 12. The predicted octanol–water partition coefficient (Wildman–Crippen LogP) is 4.17. The van der Waals surface area contributed by atoms with Crippen LogP contribution in [0.3, 0.4) is 0 Å². The second-order valence-electron chi connectivity index (χ2n) is 16.4. The van der Waals surface area contributed by atoms with Gasteiger partial charge in [0.1, 0.15) is 29.1 Å². The first-order valence-corrected chi connectivity index (χ1v) is 22.6. The fraction of sp³-hybridized carbons (Fsp3) is 0.364. The molecule has 3 aromatic heterocycles. The van der Waals surface area contributed by atoms with E-state index in [4.69, 9.17) is 0 Å². The highest BCUT2D eigenvalue weighted by atomic mass is 32.2. The van der Waals surface area contributed by atoms with Crippen molar-refractivity contribution in [2.75, 3.05) is 72.7 Å². The first-order valence-electron chi connectivity index (χ1n) is 21.1.